The molecule has 5 nitrogen and oxygen atoms in total. The van der Waals surface area contributed by atoms with Crippen molar-refractivity contribution in [1.82, 2.24) is 14.9 Å². The number of aryl methyl sites for hydroxylation is 1. The Kier molecular flexibility index (Phi) is 5.20. The Labute approximate surface area is 158 Å². The van der Waals surface area contributed by atoms with Gasteiger partial charge in [-0.2, -0.15) is 4.98 Å². The Hall–Kier alpha value is -2.28. The molecule has 0 amide bonds. The normalized spacial score (nSPS) is 18.3. The van der Waals surface area contributed by atoms with Crippen LogP contribution in [-0.2, 0) is 6.54 Å². The molecule has 2 fully saturated rings. The van der Waals surface area contributed by atoms with Gasteiger partial charge in [0.15, 0.2) is 0 Å². The van der Waals surface area contributed by atoms with Crippen molar-refractivity contribution in [1.29, 1.82) is 0 Å². The summed E-state index contributed by atoms with van der Waals surface area (Å²) in [5.41, 5.74) is 1.39. The van der Waals surface area contributed by atoms with Gasteiger partial charge < -0.3 is 9.80 Å². The predicted molar refractivity (Wildman–Crippen MR) is 102 cm³/mol. The minimum absolute atomic E-state index is 0.347. The summed E-state index contributed by atoms with van der Waals surface area (Å²) in [5.74, 6) is 1.05. The lowest BCUT2D eigenvalue weighted by Crippen LogP contribution is -2.46. The van der Waals surface area contributed by atoms with Gasteiger partial charge in [0.25, 0.3) is 0 Å². The van der Waals surface area contributed by atoms with Crippen molar-refractivity contribution in [2.24, 2.45) is 0 Å². The quantitative estimate of drug-likeness (QED) is 0.823. The lowest BCUT2D eigenvalue weighted by Gasteiger charge is -2.35. The zero-order valence-electron chi connectivity index (χ0n) is 15.7. The van der Waals surface area contributed by atoms with Crippen LogP contribution in [0.25, 0.3) is 0 Å². The molecule has 144 valence electrons. The van der Waals surface area contributed by atoms with Crippen molar-refractivity contribution >= 4 is 11.8 Å². The summed E-state index contributed by atoms with van der Waals surface area (Å²) in [6.45, 7) is 7.69. The summed E-state index contributed by atoms with van der Waals surface area (Å²) in [7, 11) is 0. The van der Waals surface area contributed by atoms with E-state index in [1.807, 2.05) is 13.0 Å². The summed E-state index contributed by atoms with van der Waals surface area (Å²) in [6, 6.07) is 5.68. The molecular weight excluding hydrogens is 348 g/mol. The van der Waals surface area contributed by atoms with E-state index in [0.717, 1.165) is 62.8 Å². The lowest BCUT2D eigenvalue weighted by atomic mass is 10.1. The van der Waals surface area contributed by atoms with Crippen LogP contribution in [0, 0.1) is 18.6 Å². The van der Waals surface area contributed by atoms with E-state index < -0.39 is 5.82 Å². The Morgan fingerprint density at radius 2 is 1.63 bits per heavy atom. The highest BCUT2D eigenvalue weighted by molar-refractivity contribution is 5.46. The van der Waals surface area contributed by atoms with E-state index in [1.165, 1.54) is 25.0 Å². The second-order valence-corrected chi connectivity index (χ2v) is 7.36. The molecule has 27 heavy (non-hydrogen) atoms. The largest absolute Gasteiger partial charge is 0.354 e. The van der Waals surface area contributed by atoms with E-state index in [4.69, 9.17) is 4.98 Å². The van der Waals surface area contributed by atoms with Gasteiger partial charge in [-0.05, 0) is 38.0 Å². The summed E-state index contributed by atoms with van der Waals surface area (Å²) in [5, 5.41) is 0. The number of hydrogen-bond acceptors (Lipinski definition) is 5. The summed E-state index contributed by atoms with van der Waals surface area (Å²) in [6.07, 6.45) is 2.39. The van der Waals surface area contributed by atoms with Gasteiger partial charge in [0.2, 0.25) is 5.95 Å². The summed E-state index contributed by atoms with van der Waals surface area (Å²) in [4.78, 5) is 16.0. The maximum absolute atomic E-state index is 13.9. The van der Waals surface area contributed by atoms with E-state index in [2.05, 4.69) is 19.7 Å². The van der Waals surface area contributed by atoms with Gasteiger partial charge in [0.1, 0.15) is 17.5 Å². The predicted octanol–water partition coefficient (Wildman–Crippen LogP) is 2.99. The van der Waals surface area contributed by atoms with Crippen molar-refractivity contribution in [3.05, 3.63) is 47.2 Å². The first kappa shape index (κ1) is 18.1. The van der Waals surface area contributed by atoms with Crippen molar-refractivity contribution < 1.29 is 8.78 Å². The first-order valence-electron chi connectivity index (χ1n) is 9.60. The van der Waals surface area contributed by atoms with Gasteiger partial charge >= 0.3 is 0 Å². The first-order valence-corrected chi connectivity index (χ1v) is 9.60. The first-order chi connectivity index (χ1) is 13.1. The number of benzene rings is 1. The van der Waals surface area contributed by atoms with Crippen LogP contribution >= 0.6 is 0 Å². The van der Waals surface area contributed by atoms with Crippen LogP contribution in [0.3, 0.4) is 0 Å². The molecule has 0 bridgehead atoms. The smallest absolute Gasteiger partial charge is 0.227 e. The molecule has 2 saturated heterocycles. The molecule has 0 atom stereocenters. The number of aromatic nitrogens is 2. The number of nitrogens with zero attached hydrogens (tertiary/aromatic N) is 5. The third-order valence-corrected chi connectivity index (χ3v) is 5.32. The molecule has 0 radical (unpaired) electrons. The second kappa shape index (κ2) is 7.76. The molecule has 1 aromatic carbocycles. The molecule has 2 aliphatic rings. The summed E-state index contributed by atoms with van der Waals surface area (Å²) >= 11 is 0. The Morgan fingerprint density at radius 3 is 2.37 bits per heavy atom. The molecule has 3 heterocycles. The fourth-order valence-corrected chi connectivity index (χ4v) is 3.80. The Bertz CT molecular complexity index is 799. The Morgan fingerprint density at radius 1 is 0.889 bits per heavy atom. The van der Waals surface area contributed by atoms with Crippen LogP contribution in [-0.4, -0.2) is 54.1 Å². The van der Waals surface area contributed by atoms with E-state index >= 15 is 0 Å². The minimum Gasteiger partial charge on any atom is -0.354 e. The highest BCUT2D eigenvalue weighted by Crippen LogP contribution is 2.22. The Balaban J connectivity index is 1.41. The molecule has 1 aromatic heterocycles. The highest BCUT2D eigenvalue weighted by Gasteiger charge is 2.22. The topological polar surface area (TPSA) is 35.5 Å². The van der Waals surface area contributed by atoms with Gasteiger partial charge in [0, 0.05) is 63.1 Å². The SMILES string of the molecule is Cc1cc(N2CCN(Cc3cc(F)ccc3F)CC2)nc(N2CCCC2)n1. The van der Waals surface area contributed by atoms with Crippen LogP contribution in [0.15, 0.2) is 24.3 Å². The molecular formula is C20H25F2N5. The van der Waals surface area contributed by atoms with Gasteiger partial charge in [-0.1, -0.05) is 0 Å². The molecule has 2 aliphatic heterocycles. The molecule has 0 spiro atoms. The van der Waals surface area contributed by atoms with Crippen LogP contribution in [0.2, 0.25) is 0 Å². The minimum atomic E-state index is -0.393. The monoisotopic (exact) mass is 373 g/mol. The number of piperazine rings is 1. The van der Waals surface area contributed by atoms with Crippen LogP contribution in [0.5, 0.6) is 0 Å². The average Bonchev–Trinajstić information content (AvgIpc) is 3.20. The third-order valence-electron chi connectivity index (χ3n) is 5.32. The standard InChI is InChI=1S/C20H25F2N5/c1-15-12-19(24-20(23-15)27-6-2-3-7-27)26-10-8-25(9-11-26)14-16-13-17(21)4-5-18(16)22/h4-5,12-13H,2-3,6-11,14H2,1H3. The molecule has 0 N–H and O–H groups in total. The molecule has 4 rings (SSSR count). The lowest BCUT2D eigenvalue weighted by molar-refractivity contribution is 0.245. The zero-order valence-corrected chi connectivity index (χ0v) is 15.7. The maximum atomic E-state index is 13.9. The fourth-order valence-electron chi connectivity index (χ4n) is 3.80. The van der Waals surface area contributed by atoms with E-state index in [0.29, 0.717) is 12.1 Å². The molecule has 2 aromatic rings. The van der Waals surface area contributed by atoms with Crippen molar-refractivity contribution in [2.45, 2.75) is 26.3 Å². The van der Waals surface area contributed by atoms with Crippen LogP contribution in [0.1, 0.15) is 24.1 Å². The van der Waals surface area contributed by atoms with E-state index in [1.54, 1.807) is 0 Å². The van der Waals surface area contributed by atoms with Gasteiger partial charge in [0.05, 0.1) is 0 Å². The highest BCUT2D eigenvalue weighted by atomic mass is 19.1. The second-order valence-electron chi connectivity index (χ2n) is 7.36. The number of anilines is 2. The van der Waals surface area contributed by atoms with Crippen LogP contribution in [0.4, 0.5) is 20.5 Å². The van der Waals surface area contributed by atoms with Gasteiger partial charge in [-0.25, -0.2) is 13.8 Å². The van der Waals surface area contributed by atoms with Gasteiger partial charge in [-0.15, -0.1) is 0 Å². The number of hydrogen-bond donors (Lipinski definition) is 0. The van der Waals surface area contributed by atoms with Crippen molar-refractivity contribution in [3.63, 3.8) is 0 Å². The van der Waals surface area contributed by atoms with Crippen LogP contribution < -0.4 is 9.80 Å². The summed E-state index contributed by atoms with van der Waals surface area (Å²) < 4.78 is 27.3. The zero-order chi connectivity index (χ0) is 18.8. The fraction of sp³-hybridized carbons (Fsp3) is 0.500. The third kappa shape index (κ3) is 4.18. The average molecular weight is 373 g/mol. The molecule has 7 heteroatoms. The van der Waals surface area contributed by atoms with Gasteiger partial charge in [-0.3, -0.25) is 4.90 Å². The number of rotatable bonds is 4. The van der Waals surface area contributed by atoms with Crippen molar-refractivity contribution in [2.75, 3.05) is 49.1 Å². The maximum Gasteiger partial charge on any atom is 0.227 e. The van der Waals surface area contributed by atoms with E-state index in [9.17, 15) is 8.78 Å². The molecule has 0 aliphatic carbocycles. The molecule has 0 unspecified atom stereocenters. The molecule has 0 saturated carbocycles. The van der Waals surface area contributed by atoms with E-state index in [-0.39, 0.29) is 5.82 Å². The number of halogens is 2. The van der Waals surface area contributed by atoms with Crippen molar-refractivity contribution in [3.8, 4) is 0 Å².